The first-order chi connectivity index (χ1) is 12.7. The Bertz CT molecular complexity index is 811. The summed E-state index contributed by atoms with van der Waals surface area (Å²) in [5.74, 6) is 1.24. The number of hydrogen-bond donors (Lipinski definition) is 2. The van der Waals surface area contributed by atoms with Crippen LogP contribution < -0.4 is 15.4 Å². The van der Waals surface area contributed by atoms with Crippen molar-refractivity contribution in [3.05, 3.63) is 59.7 Å². The zero-order valence-corrected chi connectivity index (χ0v) is 16.5. The molecular weight excluding hydrogens is 336 g/mol. The summed E-state index contributed by atoms with van der Waals surface area (Å²) in [5, 5.41) is 7.02. The number of piperidine rings is 1. The topological polar surface area (TPSA) is 50.4 Å². The number of carbonyl (C=O) groups excluding carboxylic acids is 1. The third kappa shape index (κ3) is 3.59. The van der Waals surface area contributed by atoms with Gasteiger partial charge < -0.3 is 15.4 Å². The number of para-hydroxylation sites is 2. The van der Waals surface area contributed by atoms with Gasteiger partial charge in [0.2, 0.25) is 5.91 Å². The van der Waals surface area contributed by atoms with E-state index in [9.17, 15) is 4.79 Å². The molecule has 1 fully saturated rings. The van der Waals surface area contributed by atoms with Gasteiger partial charge in [-0.25, -0.2) is 0 Å². The van der Waals surface area contributed by atoms with Gasteiger partial charge in [0.25, 0.3) is 0 Å². The number of fused-ring (bicyclic) bond motifs is 2. The van der Waals surface area contributed by atoms with Gasteiger partial charge in [0, 0.05) is 28.2 Å². The van der Waals surface area contributed by atoms with Crippen molar-refractivity contribution in [3.63, 3.8) is 0 Å². The summed E-state index contributed by atoms with van der Waals surface area (Å²) in [6, 6.07) is 15.8. The Kier molecular flexibility index (Phi) is 4.26. The number of hydrogen-bond acceptors (Lipinski definition) is 3. The maximum Gasteiger partial charge on any atom is 0.232 e. The predicted molar refractivity (Wildman–Crippen MR) is 107 cm³/mol. The van der Waals surface area contributed by atoms with Crippen molar-refractivity contribution < 1.29 is 9.53 Å². The lowest BCUT2D eigenvalue weighted by atomic mass is 9.79. The molecule has 2 aromatic rings. The minimum atomic E-state index is -0.340. The van der Waals surface area contributed by atoms with Gasteiger partial charge in [-0.1, -0.05) is 36.4 Å². The van der Waals surface area contributed by atoms with E-state index >= 15 is 0 Å². The molecule has 2 heterocycles. The first-order valence-corrected chi connectivity index (χ1v) is 9.70. The van der Waals surface area contributed by atoms with Crippen LogP contribution in [0.25, 0.3) is 0 Å². The number of ether oxygens (including phenoxy) is 1. The lowest BCUT2D eigenvalue weighted by molar-refractivity contribution is -0.123. The van der Waals surface area contributed by atoms with Crippen molar-refractivity contribution in [2.24, 2.45) is 0 Å². The van der Waals surface area contributed by atoms with Crippen molar-refractivity contribution in [2.45, 2.75) is 63.6 Å². The van der Waals surface area contributed by atoms with Crippen LogP contribution >= 0.6 is 0 Å². The van der Waals surface area contributed by atoms with E-state index in [4.69, 9.17) is 4.74 Å². The second-order valence-corrected chi connectivity index (χ2v) is 9.12. The van der Waals surface area contributed by atoms with E-state index in [1.165, 1.54) is 0 Å². The Morgan fingerprint density at radius 1 is 0.926 bits per heavy atom. The molecule has 0 bridgehead atoms. The smallest absolute Gasteiger partial charge is 0.232 e. The van der Waals surface area contributed by atoms with E-state index in [1.807, 2.05) is 48.5 Å². The van der Waals surface area contributed by atoms with Gasteiger partial charge in [0.15, 0.2) is 0 Å². The summed E-state index contributed by atoms with van der Waals surface area (Å²) in [7, 11) is 0. The van der Waals surface area contributed by atoms with Crippen molar-refractivity contribution in [1.29, 1.82) is 0 Å². The quantitative estimate of drug-likeness (QED) is 0.833. The van der Waals surface area contributed by atoms with E-state index in [0.29, 0.717) is 0 Å². The van der Waals surface area contributed by atoms with Gasteiger partial charge in [-0.05, 0) is 52.7 Å². The molecule has 1 amide bonds. The van der Waals surface area contributed by atoms with Crippen molar-refractivity contribution >= 4 is 5.91 Å². The fourth-order valence-electron chi connectivity index (χ4n) is 4.90. The number of amides is 1. The summed E-state index contributed by atoms with van der Waals surface area (Å²) in [4.78, 5) is 13.4. The van der Waals surface area contributed by atoms with E-state index in [0.717, 1.165) is 35.5 Å². The molecule has 0 atom stereocenters. The fourth-order valence-corrected chi connectivity index (χ4v) is 4.90. The standard InChI is InChI=1S/C23H28N2O2/c1-22(2)13-15(14-23(3,4)25-22)24-21(26)20-16-9-5-7-11-18(16)27-19-12-8-6-10-17(19)20/h5-12,15,20,25H,13-14H2,1-4H3,(H,24,26). The zero-order valence-electron chi connectivity index (χ0n) is 16.5. The third-order valence-corrected chi connectivity index (χ3v) is 5.48. The van der Waals surface area contributed by atoms with E-state index in [-0.39, 0.29) is 28.9 Å². The minimum absolute atomic E-state index is 0.00874. The molecule has 2 aliphatic rings. The summed E-state index contributed by atoms with van der Waals surface area (Å²) in [5.41, 5.74) is 1.85. The van der Waals surface area contributed by atoms with Gasteiger partial charge >= 0.3 is 0 Å². The highest BCUT2D eigenvalue weighted by atomic mass is 16.5. The minimum Gasteiger partial charge on any atom is -0.457 e. The van der Waals surface area contributed by atoms with Crippen molar-refractivity contribution in [3.8, 4) is 11.5 Å². The Morgan fingerprint density at radius 2 is 1.41 bits per heavy atom. The Labute approximate surface area is 161 Å². The van der Waals surface area contributed by atoms with Crippen LogP contribution in [0.2, 0.25) is 0 Å². The molecule has 4 heteroatoms. The van der Waals surface area contributed by atoms with Gasteiger partial charge in [-0.2, -0.15) is 0 Å². The van der Waals surface area contributed by atoms with Gasteiger partial charge in [0.1, 0.15) is 11.5 Å². The van der Waals surface area contributed by atoms with Crippen LogP contribution in [-0.2, 0) is 4.79 Å². The van der Waals surface area contributed by atoms with E-state index in [2.05, 4.69) is 38.3 Å². The highest BCUT2D eigenvalue weighted by Gasteiger charge is 2.40. The molecule has 0 aliphatic carbocycles. The number of nitrogens with one attached hydrogen (secondary N) is 2. The van der Waals surface area contributed by atoms with Gasteiger partial charge in [0.05, 0.1) is 5.92 Å². The number of benzene rings is 2. The highest BCUT2D eigenvalue weighted by molar-refractivity contribution is 5.89. The molecule has 2 aliphatic heterocycles. The molecule has 0 aromatic heterocycles. The molecule has 1 saturated heterocycles. The summed E-state index contributed by atoms with van der Waals surface area (Å²) < 4.78 is 6.02. The molecule has 0 radical (unpaired) electrons. The molecule has 0 unspecified atom stereocenters. The SMILES string of the molecule is CC1(C)CC(NC(=O)C2c3ccccc3Oc3ccccc32)CC(C)(C)N1. The normalized spacial score (nSPS) is 20.9. The number of carbonyl (C=O) groups is 1. The van der Waals surface area contributed by atoms with Crippen LogP contribution in [0.15, 0.2) is 48.5 Å². The van der Waals surface area contributed by atoms with Crippen LogP contribution in [0.4, 0.5) is 0 Å². The second-order valence-electron chi connectivity index (χ2n) is 9.12. The highest BCUT2D eigenvalue weighted by Crippen LogP contribution is 2.44. The Hall–Kier alpha value is -2.33. The van der Waals surface area contributed by atoms with Crippen molar-refractivity contribution in [2.75, 3.05) is 0 Å². The third-order valence-electron chi connectivity index (χ3n) is 5.48. The summed E-state index contributed by atoms with van der Waals surface area (Å²) in [6.07, 6.45) is 1.82. The van der Waals surface area contributed by atoms with Crippen LogP contribution in [0.3, 0.4) is 0 Å². The van der Waals surface area contributed by atoms with Gasteiger partial charge in [-0.15, -0.1) is 0 Å². The average molecular weight is 364 g/mol. The molecule has 0 spiro atoms. The first kappa shape index (κ1) is 18.1. The maximum absolute atomic E-state index is 13.4. The molecule has 4 nitrogen and oxygen atoms in total. The monoisotopic (exact) mass is 364 g/mol. The summed E-state index contributed by atoms with van der Waals surface area (Å²) >= 11 is 0. The van der Waals surface area contributed by atoms with Gasteiger partial charge in [-0.3, -0.25) is 4.79 Å². The first-order valence-electron chi connectivity index (χ1n) is 9.70. The molecule has 2 aromatic carbocycles. The molecule has 2 N–H and O–H groups in total. The van der Waals surface area contributed by atoms with E-state index < -0.39 is 0 Å². The average Bonchev–Trinajstić information content (AvgIpc) is 2.56. The molecule has 142 valence electrons. The van der Waals surface area contributed by atoms with Crippen LogP contribution in [-0.4, -0.2) is 23.0 Å². The second kappa shape index (κ2) is 6.38. The van der Waals surface area contributed by atoms with Crippen molar-refractivity contribution in [1.82, 2.24) is 10.6 Å². The van der Waals surface area contributed by atoms with Crippen LogP contribution in [0.1, 0.15) is 57.6 Å². The lowest BCUT2D eigenvalue weighted by Gasteiger charge is -2.47. The molecule has 4 rings (SSSR count). The lowest BCUT2D eigenvalue weighted by Crippen LogP contribution is -2.62. The maximum atomic E-state index is 13.4. The largest absolute Gasteiger partial charge is 0.457 e. The Morgan fingerprint density at radius 3 is 1.93 bits per heavy atom. The molecule has 27 heavy (non-hydrogen) atoms. The Balaban J connectivity index is 1.64. The number of rotatable bonds is 2. The van der Waals surface area contributed by atoms with Crippen LogP contribution in [0.5, 0.6) is 11.5 Å². The van der Waals surface area contributed by atoms with E-state index in [1.54, 1.807) is 0 Å². The van der Waals surface area contributed by atoms with Crippen LogP contribution in [0, 0.1) is 0 Å². The predicted octanol–water partition coefficient (Wildman–Crippen LogP) is 4.35. The molecular formula is C23H28N2O2. The zero-order chi connectivity index (χ0) is 19.2. The fraction of sp³-hybridized carbons (Fsp3) is 0.435. The molecule has 0 saturated carbocycles. The summed E-state index contributed by atoms with van der Waals surface area (Å²) in [6.45, 7) is 8.80.